The number of aryl methyl sites for hydroxylation is 2. The van der Waals surface area contributed by atoms with E-state index in [9.17, 15) is 9.59 Å². The van der Waals surface area contributed by atoms with E-state index in [4.69, 9.17) is 9.47 Å². The second-order valence-electron chi connectivity index (χ2n) is 9.18. The van der Waals surface area contributed by atoms with Crippen molar-refractivity contribution in [2.24, 2.45) is 7.05 Å². The van der Waals surface area contributed by atoms with Gasteiger partial charge in [0.15, 0.2) is 17.1 Å². The molecule has 1 N–H and O–H groups in total. The number of fused-ring (bicyclic) bond motifs is 1. The molecule has 1 aromatic carbocycles. The first-order valence-corrected chi connectivity index (χ1v) is 14.5. The van der Waals surface area contributed by atoms with Crippen molar-refractivity contribution in [3.05, 3.63) is 51.2 Å². The summed E-state index contributed by atoms with van der Waals surface area (Å²) in [6.45, 7) is 8.11. The van der Waals surface area contributed by atoms with Crippen LogP contribution in [0.4, 0.5) is 5.00 Å². The molecule has 1 unspecified atom stereocenters. The van der Waals surface area contributed by atoms with Gasteiger partial charge in [0.05, 0.1) is 17.9 Å². The van der Waals surface area contributed by atoms with Crippen LogP contribution in [-0.2, 0) is 29.4 Å². The van der Waals surface area contributed by atoms with Gasteiger partial charge in [0, 0.05) is 11.9 Å². The number of hydrogen-bond acceptors (Lipinski definition) is 8. The van der Waals surface area contributed by atoms with Crippen LogP contribution in [0.2, 0.25) is 0 Å². The number of thiophene rings is 1. The summed E-state index contributed by atoms with van der Waals surface area (Å²) in [5, 5.41) is 12.8. The quantitative estimate of drug-likeness (QED) is 0.207. The highest BCUT2D eigenvalue weighted by Gasteiger charge is 2.27. The Labute approximate surface area is 226 Å². The maximum Gasteiger partial charge on any atom is 0.341 e. The van der Waals surface area contributed by atoms with Crippen LogP contribution < -0.4 is 10.1 Å². The highest BCUT2D eigenvalue weighted by atomic mass is 32.2. The van der Waals surface area contributed by atoms with E-state index >= 15 is 0 Å². The minimum atomic E-state index is -0.361. The average Bonchev–Trinajstić information content (AvgIpc) is 3.31. The summed E-state index contributed by atoms with van der Waals surface area (Å²) in [4.78, 5) is 26.8. The fraction of sp³-hybridized carbons (Fsp3) is 0.481. The van der Waals surface area contributed by atoms with E-state index < -0.39 is 0 Å². The maximum absolute atomic E-state index is 12.9. The number of hydrogen-bond donors (Lipinski definition) is 1. The molecule has 0 radical (unpaired) electrons. The topological polar surface area (TPSA) is 95.3 Å². The smallest absolute Gasteiger partial charge is 0.341 e. The molecule has 0 saturated heterocycles. The number of ether oxygens (including phenoxy) is 2. The third kappa shape index (κ3) is 6.18. The van der Waals surface area contributed by atoms with Crippen LogP contribution >= 0.6 is 23.1 Å². The van der Waals surface area contributed by atoms with Crippen LogP contribution in [0.3, 0.4) is 0 Å². The third-order valence-corrected chi connectivity index (χ3v) is 8.80. The first-order valence-electron chi connectivity index (χ1n) is 12.7. The Bertz CT molecular complexity index is 1280. The number of nitrogens with one attached hydrogen (secondary N) is 1. The number of amides is 1. The van der Waals surface area contributed by atoms with Crippen LogP contribution in [0.5, 0.6) is 5.75 Å². The van der Waals surface area contributed by atoms with Crippen molar-refractivity contribution >= 4 is 40.0 Å². The van der Waals surface area contributed by atoms with Gasteiger partial charge in [0.1, 0.15) is 10.8 Å². The van der Waals surface area contributed by atoms with Gasteiger partial charge in [-0.25, -0.2) is 4.79 Å². The summed E-state index contributed by atoms with van der Waals surface area (Å²) in [6, 6.07) is 5.97. The Morgan fingerprint density at radius 3 is 2.76 bits per heavy atom. The number of carbonyl (C=O) groups is 2. The van der Waals surface area contributed by atoms with E-state index in [0.29, 0.717) is 28.2 Å². The van der Waals surface area contributed by atoms with Crippen molar-refractivity contribution in [1.82, 2.24) is 14.8 Å². The molecule has 0 spiro atoms. The number of rotatable bonds is 9. The number of carbonyl (C=O) groups excluding carboxylic acids is 2. The van der Waals surface area contributed by atoms with E-state index in [-0.39, 0.29) is 23.7 Å². The Balaban J connectivity index is 1.42. The summed E-state index contributed by atoms with van der Waals surface area (Å²) in [5.74, 6) is 1.08. The minimum Gasteiger partial charge on any atom is -0.482 e. The molecular weight excluding hydrogens is 508 g/mol. The lowest BCUT2D eigenvalue weighted by Gasteiger charge is -2.16. The molecule has 198 valence electrons. The molecule has 2 aromatic heterocycles. The molecule has 0 fully saturated rings. The van der Waals surface area contributed by atoms with Gasteiger partial charge in [-0.15, -0.1) is 21.5 Å². The largest absolute Gasteiger partial charge is 0.482 e. The third-order valence-electron chi connectivity index (χ3n) is 6.58. The van der Waals surface area contributed by atoms with Gasteiger partial charge >= 0.3 is 5.97 Å². The fourth-order valence-corrected chi connectivity index (χ4v) is 6.46. The number of aromatic nitrogens is 3. The summed E-state index contributed by atoms with van der Waals surface area (Å²) < 4.78 is 13.3. The molecule has 37 heavy (non-hydrogen) atoms. The summed E-state index contributed by atoms with van der Waals surface area (Å²) in [5.41, 5.74) is 3.83. The zero-order chi connectivity index (χ0) is 26.5. The van der Waals surface area contributed by atoms with E-state index in [2.05, 4.69) is 28.5 Å². The Morgan fingerprint density at radius 2 is 1.97 bits per heavy atom. The molecule has 2 heterocycles. The second-order valence-corrected chi connectivity index (χ2v) is 11.2. The summed E-state index contributed by atoms with van der Waals surface area (Å²) in [6.07, 6.45) is 4.75. The zero-order valence-electron chi connectivity index (χ0n) is 22.1. The summed E-state index contributed by atoms with van der Waals surface area (Å²) in [7, 11) is 1.87. The van der Waals surface area contributed by atoms with Gasteiger partial charge in [-0.1, -0.05) is 30.3 Å². The first-order chi connectivity index (χ1) is 17.8. The first kappa shape index (κ1) is 27.2. The standard InChI is InChI=1S/C27H34N4O4S2/c1-6-34-26(33)23-19-12-8-7-9-14-21(19)37-25(23)28-22(32)15-36-27-30-29-24(31(27)5)18(4)35-20-13-10-11-16(2)17(20)3/h10-11,13,18H,6-9,12,14-15H2,1-5H3,(H,28,32). The second kappa shape index (κ2) is 12.1. The van der Waals surface area contributed by atoms with E-state index in [1.54, 1.807) is 6.92 Å². The van der Waals surface area contributed by atoms with Gasteiger partial charge in [-0.3, -0.25) is 4.79 Å². The number of thioether (sulfide) groups is 1. The SMILES string of the molecule is CCOC(=O)c1c(NC(=O)CSc2nnc(C(C)Oc3cccc(C)c3C)n2C)sc2c1CCCCC2. The monoisotopic (exact) mass is 542 g/mol. The van der Waals surface area contributed by atoms with Crippen molar-refractivity contribution in [1.29, 1.82) is 0 Å². The molecule has 0 aliphatic heterocycles. The molecule has 4 rings (SSSR count). The lowest BCUT2D eigenvalue weighted by molar-refractivity contribution is -0.113. The predicted octanol–water partition coefficient (Wildman–Crippen LogP) is 5.81. The Hall–Kier alpha value is -2.85. The van der Waals surface area contributed by atoms with Crippen molar-refractivity contribution in [2.45, 2.75) is 71.1 Å². The molecule has 1 aliphatic carbocycles. The lowest BCUT2D eigenvalue weighted by atomic mass is 10.1. The molecule has 10 heteroatoms. The van der Waals surface area contributed by atoms with Gasteiger partial charge in [-0.2, -0.15) is 0 Å². The van der Waals surface area contributed by atoms with E-state index in [0.717, 1.165) is 54.5 Å². The Morgan fingerprint density at radius 1 is 1.19 bits per heavy atom. The van der Waals surface area contributed by atoms with Gasteiger partial charge < -0.3 is 19.4 Å². The predicted molar refractivity (Wildman–Crippen MR) is 147 cm³/mol. The molecular formula is C27H34N4O4S2. The fourth-order valence-electron chi connectivity index (χ4n) is 4.44. The molecule has 8 nitrogen and oxygen atoms in total. The Kier molecular flexibility index (Phi) is 8.91. The van der Waals surface area contributed by atoms with Crippen molar-refractivity contribution in [3.8, 4) is 5.75 Å². The number of anilines is 1. The highest BCUT2D eigenvalue weighted by Crippen LogP contribution is 2.38. The van der Waals surface area contributed by atoms with Crippen LogP contribution in [0, 0.1) is 13.8 Å². The van der Waals surface area contributed by atoms with Crippen LogP contribution in [-0.4, -0.2) is 39.0 Å². The van der Waals surface area contributed by atoms with Gasteiger partial charge in [0.25, 0.3) is 0 Å². The average molecular weight is 543 g/mol. The number of benzene rings is 1. The van der Waals surface area contributed by atoms with E-state index in [1.165, 1.54) is 28.0 Å². The van der Waals surface area contributed by atoms with Crippen molar-refractivity contribution in [3.63, 3.8) is 0 Å². The van der Waals surface area contributed by atoms with Gasteiger partial charge in [0.2, 0.25) is 5.91 Å². The molecule has 3 aromatic rings. The molecule has 0 bridgehead atoms. The summed E-state index contributed by atoms with van der Waals surface area (Å²) >= 11 is 2.80. The molecule has 1 amide bonds. The molecule has 1 atom stereocenters. The van der Waals surface area contributed by atoms with Crippen molar-refractivity contribution < 1.29 is 19.1 Å². The minimum absolute atomic E-state index is 0.142. The number of esters is 1. The van der Waals surface area contributed by atoms with Crippen LogP contribution in [0.1, 0.15) is 77.0 Å². The maximum atomic E-state index is 12.9. The molecule has 1 aliphatic rings. The number of nitrogens with zero attached hydrogens (tertiary/aromatic N) is 3. The van der Waals surface area contributed by atoms with Gasteiger partial charge in [-0.05, 0) is 76.1 Å². The highest BCUT2D eigenvalue weighted by molar-refractivity contribution is 7.99. The van der Waals surface area contributed by atoms with E-state index in [1.807, 2.05) is 37.6 Å². The normalized spacial score (nSPS) is 14.0. The molecule has 0 saturated carbocycles. The van der Waals surface area contributed by atoms with Crippen LogP contribution in [0.25, 0.3) is 0 Å². The zero-order valence-corrected chi connectivity index (χ0v) is 23.7. The lowest BCUT2D eigenvalue weighted by Crippen LogP contribution is -2.17. The van der Waals surface area contributed by atoms with Crippen LogP contribution in [0.15, 0.2) is 23.4 Å². The van der Waals surface area contributed by atoms with Crippen molar-refractivity contribution in [2.75, 3.05) is 17.7 Å².